The molecule has 19 nitrogen and oxygen atoms in total. The smallest absolute Gasteiger partial charge is 0.523 e. The molecule has 0 saturated carbocycles. The van der Waals surface area contributed by atoms with E-state index in [1.54, 1.807) is 24.3 Å². The van der Waals surface area contributed by atoms with Crippen LogP contribution >= 0.6 is 7.60 Å². The van der Waals surface area contributed by atoms with E-state index in [9.17, 15) is 53.7 Å². The Bertz CT molecular complexity index is 2220. The van der Waals surface area contributed by atoms with Crippen molar-refractivity contribution in [3.8, 4) is 16.9 Å². The van der Waals surface area contributed by atoms with Crippen molar-refractivity contribution in [2.24, 2.45) is 7.05 Å². The molecule has 0 bridgehead atoms. The van der Waals surface area contributed by atoms with Gasteiger partial charge in [-0.2, -0.15) is 39.4 Å². The number of alkyl halides is 6. The number of aryl methyl sites for hydroxylation is 2. The van der Waals surface area contributed by atoms with E-state index in [1.165, 1.54) is 26.4 Å². The molecule has 342 valence electrons. The summed E-state index contributed by atoms with van der Waals surface area (Å²) in [4.78, 5) is 43.1. The Kier molecular flexibility index (Phi) is 18.0. The Morgan fingerprint density at radius 3 is 1.79 bits per heavy atom. The van der Waals surface area contributed by atoms with Crippen LogP contribution in [0.5, 0.6) is 5.75 Å². The molecule has 3 amide bonds. The SMILES string of the molecule is COP(=O)(OC)C(COc1ccc(-c2cn(CCCNC(=O)OC(C)(C)C)[n+](C)c2)cc1)ON1C(=O)c2ccccc2C1=O.COS(=O)(=O)C(F)(F)F.O=S(=O)([O-])C(F)(F)F. The zero-order valence-corrected chi connectivity index (χ0v) is 35.7. The molecular formula is C33H41F6N4O15PS2. The van der Waals surface area contributed by atoms with Crippen molar-refractivity contribution in [1.29, 1.82) is 0 Å². The lowest BCUT2D eigenvalue weighted by Gasteiger charge is -2.27. The van der Waals surface area contributed by atoms with E-state index < -0.39 is 68.2 Å². The maximum atomic E-state index is 13.3. The molecule has 3 aromatic rings. The molecule has 1 N–H and O–H groups in total. The van der Waals surface area contributed by atoms with Crippen molar-refractivity contribution in [3.63, 3.8) is 0 Å². The highest BCUT2D eigenvalue weighted by Gasteiger charge is 2.47. The fourth-order valence-electron chi connectivity index (χ4n) is 4.56. The largest absolute Gasteiger partial charge is 0.741 e. The molecule has 0 radical (unpaired) electrons. The highest BCUT2D eigenvalue weighted by atomic mass is 32.2. The minimum Gasteiger partial charge on any atom is -0.741 e. The molecule has 61 heavy (non-hydrogen) atoms. The number of imide groups is 1. The molecule has 1 atom stereocenters. The predicted molar refractivity (Wildman–Crippen MR) is 197 cm³/mol. The topological polar surface area (TPSA) is 239 Å². The maximum absolute atomic E-state index is 13.3. The zero-order chi connectivity index (χ0) is 46.8. The van der Waals surface area contributed by atoms with E-state index in [0.29, 0.717) is 37.4 Å². The first-order valence-electron chi connectivity index (χ1n) is 16.9. The second-order valence-corrected chi connectivity index (χ2v) is 18.4. The van der Waals surface area contributed by atoms with Gasteiger partial charge in [0.05, 0.1) is 36.5 Å². The van der Waals surface area contributed by atoms with Crippen LogP contribution in [0.4, 0.5) is 31.1 Å². The molecule has 2 heterocycles. The molecular weight excluding hydrogens is 901 g/mol. The van der Waals surface area contributed by atoms with Gasteiger partial charge in [0.15, 0.2) is 17.2 Å². The van der Waals surface area contributed by atoms with Crippen LogP contribution in [-0.2, 0) is 61.2 Å². The molecule has 1 aromatic heterocycles. The minimum atomic E-state index is -6.09. The number of amides is 3. The van der Waals surface area contributed by atoms with Crippen LogP contribution in [0.3, 0.4) is 0 Å². The van der Waals surface area contributed by atoms with Crippen molar-refractivity contribution < 1.29 is 98.9 Å². The molecule has 0 saturated heterocycles. The van der Waals surface area contributed by atoms with Gasteiger partial charge in [-0.05, 0) is 57.0 Å². The fraction of sp³-hybridized carbons (Fsp3) is 0.455. The molecule has 0 aliphatic carbocycles. The second-order valence-electron chi connectivity index (χ2n) is 12.9. The van der Waals surface area contributed by atoms with E-state index >= 15 is 0 Å². The average molecular weight is 943 g/mol. The van der Waals surface area contributed by atoms with Gasteiger partial charge in [-0.15, -0.1) is 9.75 Å². The number of hydrogen-bond acceptors (Lipinski definition) is 15. The normalized spacial score (nSPS) is 14.0. The number of nitrogens with zero attached hydrogens (tertiary/aromatic N) is 3. The van der Waals surface area contributed by atoms with E-state index in [4.69, 9.17) is 36.3 Å². The summed E-state index contributed by atoms with van der Waals surface area (Å²) in [5.41, 5.74) is -9.24. The summed E-state index contributed by atoms with van der Waals surface area (Å²) in [6, 6.07) is 13.5. The summed E-state index contributed by atoms with van der Waals surface area (Å²) in [6.45, 7) is 6.28. The van der Waals surface area contributed by atoms with Crippen molar-refractivity contribution in [1.82, 2.24) is 15.1 Å². The van der Waals surface area contributed by atoms with Crippen LogP contribution < -0.4 is 14.7 Å². The van der Waals surface area contributed by atoms with Gasteiger partial charge in [0.2, 0.25) is 12.0 Å². The Hall–Kier alpha value is -4.63. The lowest BCUT2D eigenvalue weighted by Crippen LogP contribution is -2.39. The number of hydrogen-bond donors (Lipinski definition) is 1. The number of carbonyl (C=O) groups excluding carboxylic acids is 3. The quantitative estimate of drug-likeness (QED) is 0.0332. The second kappa shape index (κ2) is 21.0. The Morgan fingerprint density at radius 1 is 0.869 bits per heavy atom. The zero-order valence-electron chi connectivity index (χ0n) is 33.2. The summed E-state index contributed by atoms with van der Waals surface area (Å²) in [6.07, 6.45) is 4.26. The van der Waals surface area contributed by atoms with Crippen LogP contribution in [0, 0.1) is 0 Å². The van der Waals surface area contributed by atoms with E-state index in [-0.39, 0.29) is 17.7 Å². The Labute approximate surface area is 345 Å². The fourth-order valence-corrected chi connectivity index (χ4v) is 5.83. The van der Waals surface area contributed by atoms with E-state index in [2.05, 4.69) is 9.50 Å². The summed E-state index contributed by atoms with van der Waals surface area (Å²) >= 11 is 0. The highest BCUT2D eigenvalue weighted by molar-refractivity contribution is 7.87. The Balaban J connectivity index is 0.000000630. The number of ether oxygens (including phenoxy) is 2. The van der Waals surface area contributed by atoms with Crippen molar-refractivity contribution in [2.75, 3.05) is 34.5 Å². The summed E-state index contributed by atoms with van der Waals surface area (Å²) in [7, 11) is -10.6. The van der Waals surface area contributed by atoms with Gasteiger partial charge >= 0.3 is 34.8 Å². The van der Waals surface area contributed by atoms with Crippen LogP contribution in [0.15, 0.2) is 60.9 Å². The van der Waals surface area contributed by atoms with E-state index in [1.807, 2.05) is 61.7 Å². The molecule has 4 rings (SSSR count). The van der Waals surface area contributed by atoms with Gasteiger partial charge in [-0.3, -0.25) is 18.3 Å². The number of rotatable bonds is 14. The minimum absolute atomic E-state index is 0.178. The highest BCUT2D eigenvalue weighted by Crippen LogP contribution is 2.52. The number of hydroxylamine groups is 2. The summed E-state index contributed by atoms with van der Waals surface area (Å²) in [5, 5.41) is 3.32. The third-order valence-corrected chi connectivity index (χ3v) is 11.0. The number of nitrogens with one attached hydrogen (secondary N) is 1. The third-order valence-electron chi connectivity index (χ3n) is 7.46. The summed E-state index contributed by atoms with van der Waals surface area (Å²) in [5.74, 6) is -2.35. The molecule has 1 aliphatic rings. The van der Waals surface area contributed by atoms with Gasteiger partial charge < -0.3 is 28.4 Å². The molecule has 1 unspecified atom stereocenters. The first-order valence-corrected chi connectivity index (χ1v) is 21.3. The molecule has 0 spiro atoms. The lowest BCUT2D eigenvalue weighted by atomic mass is 10.1. The number of alkyl carbamates (subject to hydrolysis) is 1. The van der Waals surface area contributed by atoms with Crippen molar-refractivity contribution >= 4 is 45.7 Å². The van der Waals surface area contributed by atoms with Crippen molar-refractivity contribution in [2.45, 2.75) is 56.2 Å². The van der Waals surface area contributed by atoms with Gasteiger partial charge in [0, 0.05) is 20.8 Å². The molecule has 2 aromatic carbocycles. The number of halogens is 6. The monoisotopic (exact) mass is 942 g/mol. The van der Waals surface area contributed by atoms with E-state index in [0.717, 1.165) is 11.1 Å². The first-order chi connectivity index (χ1) is 27.9. The van der Waals surface area contributed by atoms with Gasteiger partial charge in [-0.25, -0.2) is 18.0 Å². The molecule has 1 aliphatic heterocycles. The predicted octanol–water partition coefficient (Wildman–Crippen LogP) is 4.85. The maximum Gasteiger partial charge on any atom is 0.523 e. The van der Waals surface area contributed by atoms with Crippen LogP contribution in [0.1, 0.15) is 47.9 Å². The standard InChI is InChI=1S/C30H37N4O9P.C2H3F3O3S.CHF3O3S/c1-30(2,3)42-29(37)31-16-9-17-33-19-22(18-32(33)4)21-12-14-23(15-13-21)41-20-26(44(38,39-5)40-6)43-34-27(35)24-10-7-8-11-25(24)28(34)36;1-8-9(6,7)2(3,4)5;2-1(3,4)8(5,6)7/h7-8,10-15,18-19,26H,9,16-17,20H2,1-6H3;1H3;(H,5,6,7). The summed E-state index contributed by atoms with van der Waals surface area (Å²) < 4.78 is 153. The molecule has 28 heteroatoms. The number of fused-ring (bicyclic) bond motifs is 1. The lowest BCUT2D eigenvalue weighted by molar-refractivity contribution is -0.753. The van der Waals surface area contributed by atoms with Gasteiger partial charge in [0.1, 0.15) is 18.0 Å². The van der Waals surface area contributed by atoms with Gasteiger partial charge in [-0.1, -0.05) is 24.3 Å². The first kappa shape index (κ1) is 52.5. The average Bonchev–Trinajstić information content (AvgIpc) is 3.65. The number of aromatic nitrogens is 2. The van der Waals surface area contributed by atoms with Crippen molar-refractivity contribution in [3.05, 3.63) is 72.1 Å². The number of carbonyl (C=O) groups is 3. The van der Waals surface area contributed by atoms with Crippen LogP contribution in [0.25, 0.3) is 11.1 Å². The van der Waals surface area contributed by atoms with Crippen LogP contribution in [0.2, 0.25) is 0 Å². The molecule has 0 fully saturated rings. The van der Waals surface area contributed by atoms with Crippen LogP contribution in [-0.4, -0.2) is 106 Å². The Morgan fingerprint density at radius 2 is 1.38 bits per heavy atom. The van der Waals surface area contributed by atoms with Gasteiger partial charge in [0.25, 0.3) is 11.8 Å². The number of benzene rings is 2. The third kappa shape index (κ3) is 15.0.